The summed E-state index contributed by atoms with van der Waals surface area (Å²) in [5.74, 6) is -1.91. The van der Waals surface area contributed by atoms with Gasteiger partial charge in [0, 0.05) is 62.4 Å². The second kappa shape index (κ2) is 16.1. The minimum Gasteiger partial charge on any atom is -0.481 e. The van der Waals surface area contributed by atoms with Gasteiger partial charge in [-0.05, 0) is 99.4 Å². The van der Waals surface area contributed by atoms with Crippen molar-refractivity contribution in [2.75, 3.05) is 26.8 Å². The Morgan fingerprint density at radius 3 is 2.42 bits per heavy atom. The number of amides is 2. The van der Waals surface area contributed by atoms with Crippen LogP contribution in [-0.4, -0.2) is 81.1 Å². The maximum absolute atomic E-state index is 13.8. The molecule has 3 atom stereocenters. The lowest BCUT2D eigenvalue weighted by Gasteiger charge is -2.26. The molecule has 2 amide bonds. The van der Waals surface area contributed by atoms with E-state index >= 15 is 0 Å². The topological polar surface area (TPSA) is 143 Å². The second-order valence-corrected chi connectivity index (χ2v) is 15.8. The van der Waals surface area contributed by atoms with Crippen LogP contribution >= 0.6 is 0 Å². The summed E-state index contributed by atoms with van der Waals surface area (Å²) < 4.78 is 13.5. The average Bonchev–Trinajstić information content (AvgIpc) is 3.73. The van der Waals surface area contributed by atoms with E-state index < -0.39 is 35.0 Å². The number of carboxylic acid groups (broad SMARTS) is 1. The minimum atomic E-state index is -0.952. The van der Waals surface area contributed by atoms with E-state index in [9.17, 15) is 24.6 Å². The van der Waals surface area contributed by atoms with Gasteiger partial charge >= 0.3 is 12.1 Å². The number of likely N-dealkylation sites (tertiary alicyclic amines) is 1. The highest BCUT2D eigenvalue weighted by Crippen LogP contribution is 2.41. The zero-order valence-corrected chi connectivity index (χ0v) is 32.2. The molecule has 0 bridgehead atoms. The Bertz CT molecular complexity index is 1960. The highest BCUT2D eigenvalue weighted by atomic mass is 16.6. The number of aliphatic hydroxyl groups is 1. The Morgan fingerprint density at radius 2 is 1.77 bits per heavy atom. The van der Waals surface area contributed by atoms with Crippen molar-refractivity contribution in [3.8, 4) is 22.4 Å². The van der Waals surface area contributed by atoms with E-state index in [0.29, 0.717) is 19.4 Å². The molecule has 4 aromatic rings. The van der Waals surface area contributed by atoms with Crippen molar-refractivity contribution in [3.05, 3.63) is 77.6 Å². The summed E-state index contributed by atoms with van der Waals surface area (Å²) in [5.41, 5.74) is 6.68. The molecule has 0 unspecified atom stereocenters. The number of benzene rings is 2. The molecule has 2 aromatic heterocycles. The van der Waals surface area contributed by atoms with Crippen molar-refractivity contribution in [3.63, 3.8) is 0 Å². The minimum absolute atomic E-state index is 0.0208. The smallest absolute Gasteiger partial charge is 0.408 e. The fourth-order valence-corrected chi connectivity index (χ4v) is 7.15. The predicted octanol–water partition coefficient (Wildman–Crippen LogP) is 7.03. The Labute approximate surface area is 312 Å². The van der Waals surface area contributed by atoms with Gasteiger partial charge in [0.1, 0.15) is 11.6 Å². The van der Waals surface area contributed by atoms with Gasteiger partial charge in [0.2, 0.25) is 5.91 Å². The molecule has 284 valence electrons. The van der Waals surface area contributed by atoms with E-state index in [2.05, 4.69) is 54.9 Å². The number of carboxylic acids is 1. The van der Waals surface area contributed by atoms with Crippen LogP contribution in [0.1, 0.15) is 77.8 Å². The molecular formula is C42H54N4O7. The molecular weight excluding hydrogens is 672 g/mol. The molecule has 3 N–H and O–H groups in total. The normalized spacial score (nSPS) is 16.1. The first-order chi connectivity index (χ1) is 25.1. The van der Waals surface area contributed by atoms with Gasteiger partial charge in [-0.1, -0.05) is 44.2 Å². The lowest BCUT2D eigenvalue weighted by molar-refractivity contribution is -0.141. The standard InChI is InChI=1S/C42H54N4O7/c1-9-46-35-16-15-29(22-32(35)33(23-42(6,7)25-47)37(46)31-14-11-18-43-36(31)26(2)52-8)28-13-10-12-27(20-28)21-34(44-40(51)53-41(3,4)5)38(48)45-19-17-30(24-45)39(49)50/h10-16,18,20,22,26,30,34,47H,9,17,19,21,23-25H2,1-8H3,(H,44,51)(H,49,50)/t26-,30+,34-/m0/s1. The SMILES string of the molecule is CCn1c(-c2cccnc2[C@H](C)OC)c(CC(C)(C)CO)c2cc(-c3cccc(C[C@H](NC(=O)OC(C)(C)C)C(=O)N4CC[C@@H](C(=O)O)C4)c3)ccc21. The number of pyridine rings is 1. The van der Waals surface area contributed by atoms with Crippen LogP contribution in [0.3, 0.4) is 0 Å². The summed E-state index contributed by atoms with van der Waals surface area (Å²) in [6.45, 7) is 14.7. The highest BCUT2D eigenvalue weighted by molar-refractivity contribution is 5.95. The zero-order valence-electron chi connectivity index (χ0n) is 32.2. The van der Waals surface area contributed by atoms with E-state index in [0.717, 1.165) is 56.7 Å². The molecule has 0 radical (unpaired) electrons. The third-order valence-corrected chi connectivity index (χ3v) is 9.94. The van der Waals surface area contributed by atoms with Crippen LogP contribution in [0.15, 0.2) is 60.8 Å². The number of nitrogens with zero attached hydrogens (tertiary/aromatic N) is 3. The van der Waals surface area contributed by atoms with Crippen LogP contribution in [0, 0.1) is 11.3 Å². The lowest BCUT2D eigenvalue weighted by atomic mass is 9.84. The molecule has 0 saturated carbocycles. The first-order valence-electron chi connectivity index (χ1n) is 18.4. The molecule has 1 aliphatic heterocycles. The Balaban J connectivity index is 1.56. The molecule has 11 heteroatoms. The van der Waals surface area contributed by atoms with Gasteiger partial charge in [0.15, 0.2) is 0 Å². The van der Waals surface area contributed by atoms with Crippen molar-refractivity contribution in [2.45, 2.75) is 92.0 Å². The third kappa shape index (κ3) is 9.08. The molecule has 1 saturated heterocycles. The molecule has 53 heavy (non-hydrogen) atoms. The number of rotatable bonds is 13. The number of fused-ring (bicyclic) bond motifs is 1. The van der Waals surface area contributed by atoms with Gasteiger partial charge in [-0.3, -0.25) is 14.6 Å². The van der Waals surface area contributed by atoms with E-state index in [-0.39, 0.29) is 31.6 Å². The summed E-state index contributed by atoms with van der Waals surface area (Å²) in [7, 11) is 1.68. The number of alkyl carbamates (subject to hydrolysis) is 1. The molecule has 0 aliphatic carbocycles. The first kappa shape index (κ1) is 39.5. The van der Waals surface area contributed by atoms with Crippen LogP contribution in [0.25, 0.3) is 33.3 Å². The van der Waals surface area contributed by atoms with Gasteiger partial charge in [-0.2, -0.15) is 0 Å². The maximum atomic E-state index is 13.8. The number of aliphatic hydroxyl groups excluding tert-OH is 1. The van der Waals surface area contributed by atoms with Crippen molar-refractivity contribution in [1.29, 1.82) is 0 Å². The third-order valence-electron chi connectivity index (χ3n) is 9.94. The Kier molecular flexibility index (Phi) is 12.0. The van der Waals surface area contributed by atoms with Crippen LogP contribution in [0.5, 0.6) is 0 Å². The quantitative estimate of drug-likeness (QED) is 0.133. The fraction of sp³-hybridized carbons (Fsp3) is 0.476. The largest absolute Gasteiger partial charge is 0.481 e. The van der Waals surface area contributed by atoms with Crippen molar-refractivity contribution in [2.24, 2.45) is 11.3 Å². The highest BCUT2D eigenvalue weighted by Gasteiger charge is 2.35. The van der Waals surface area contributed by atoms with E-state index in [1.54, 1.807) is 34.1 Å². The van der Waals surface area contributed by atoms with Gasteiger partial charge in [0.05, 0.1) is 23.4 Å². The van der Waals surface area contributed by atoms with Crippen molar-refractivity contribution < 1.29 is 34.1 Å². The summed E-state index contributed by atoms with van der Waals surface area (Å²) in [6, 6.07) is 17.4. The molecule has 1 fully saturated rings. The number of aliphatic carboxylic acids is 1. The van der Waals surface area contributed by atoms with Gasteiger partial charge < -0.3 is 34.5 Å². The Morgan fingerprint density at radius 1 is 1.04 bits per heavy atom. The molecule has 0 spiro atoms. The van der Waals surface area contributed by atoms with Crippen LogP contribution in [0.2, 0.25) is 0 Å². The van der Waals surface area contributed by atoms with E-state index in [1.807, 2.05) is 37.3 Å². The number of ether oxygens (including phenoxy) is 2. The monoisotopic (exact) mass is 726 g/mol. The van der Waals surface area contributed by atoms with E-state index in [1.165, 1.54) is 4.90 Å². The number of aromatic nitrogens is 2. The summed E-state index contributed by atoms with van der Waals surface area (Å²) >= 11 is 0. The number of hydrogen-bond acceptors (Lipinski definition) is 7. The van der Waals surface area contributed by atoms with Crippen molar-refractivity contribution >= 4 is 28.9 Å². The fourth-order valence-electron chi connectivity index (χ4n) is 7.15. The molecule has 1 aliphatic rings. The van der Waals surface area contributed by atoms with E-state index in [4.69, 9.17) is 14.5 Å². The first-order valence-corrected chi connectivity index (χ1v) is 18.4. The maximum Gasteiger partial charge on any atom is 0.408 e. The van der Waals surface area contributed by atoms with Crippen LogP contribution < -0.4 is 5.32 Å². The van der Waals surface area contributed by atoms with Gasteiger partial charge in [0.25, 0.3) is 0 Å². The predicted molar refractivity (Wildman–Crippen MR) is 205 cm³/mol. The number of nitrogens with one attached hydrogen (secondary N) is 1. The molecule has 2 aromatic carbocycles. The number of carbonyl (C=O) groups is 3. The van der Waals surface area contributed by atoms with Gasteiger partial charge in [-0.25, -0.2) is 4.79 Å². The second-order valence-electron chi connectivity index (χ2n) is 15.8. The van der Waals surface area contributed by atoms with Crippen LogP contribution in [-0.2, 0) is 38.4 Å². The molecule has 3 heterocycles. The Hall–Kier alpha value is -4.74. The number of methoxy groups -OCH3 is 1. The average molecular weight is 727 g/mol. The zero-order chi connectivity index (χ0) is 38.7. The number of aryl methyl sites for hydroxylation is 1. The molecule has 11 nitrogen and oxygen atoms in total. The van der Waals surface area contributed by atoms with Crippen molar-refractivity contribution in [1.82, 2.24) is 19.8 Å². The van der Waals surface area contributed by atoms with Gasteiger partial charge in [-0.15, -0.1) is 0 Å². The number of hydrogen-bond donors (Lipinski definition) is 3. The number of carbonyl (C=O) groups excluding carboxylic acids is 2. The summed E-state index contributed by atoms with van der Waals surface area (Å²) in [4.78, 5) is 44.6. The molecule has 5 rings (SSSR count). The summed E-state index contributed by atoms with van der Waals surface area (Å²) in [5, 5.41) is 23.8. The lowest BCUT2D eigenvalue weighted by Crippen LogP contribution is -2.50. The summed E-state index contributed by atoms with van der Waals surface area (Å²) in [6.07, 6.45) is 2.03. The van der Waals surface area contributed by atoms with Crippen LogP contribution in [0.4, 0.5) is 4.79 Å².